The second-order valence-corrected chi connectivity index (χ2v) is 5.88. The van der Waals surface area contributed by atoms with Crippen molar-refractivity contribution in [3.63, 3.8) is 0 Å². The predicted octanol–water partition coefficient (Wildman–Crippen LogP) is 4.57. The zero-order valence-electron chi connectivity index (χ0n) is 14.5. The number of ether oxygens (including phenoxy) is 1. The Labute approximate surface area is 131 Å². The molecule has 0 saturated heterocycles. The summed E-state index contributed by atoms with van der Waals surface area (Å²) in [5.41, 5.74) is 0.484. The van der Waals surface area contributed by atoms with Gasteiger partial charge in [0.2, 0.25) is 0 Å². The average molecular weight is 297 g/mol. The van der Waals surface area contributed by atoms with Crippen molar-refractivity contribution >= 4 is 5.97 Å². The van der Waals surface area contributed by atoms with Crippen molar-refractivity contribution in [2.24, 2.45) is 0 Å². The van der Waals surface area contributed by atoms with Gasteiger partial charge in [0.05, 0.1) is 6.61 Å². The van der Waals surface area contributed by atoms with Crippen LogP contribution in [-0.4, -0.2) is 37.1 Å². The summed E-state index contributed by atoms with van der Waals surface area (Å²) in [6, 6.07) is 0. The van der Waals surface area contributed by atoms with Crippen molar-refractivity contribution in [3.05, 3.63) is 12.2 Å². The normalized spacial score (nSPS) is 10.9. The maximum atomic E-state index is 11.2. The topological polar surface area (TPSA) is 29.5 Å². The third-order valence-corrected chi connectivity index (χ3v) is 3.61. The summed E-state index contributed by atoms with van der Waals surface area (Å²) >= 11 is 0. The van der Waals surface area contributed by atoms with E-state index in [0.29, 0.717) is 12.2 Å². The van der Waals surface area contributed by atoms with E-state index in [2.05, 4.69) is 25.3 Å². The second-order valence-electron chi connectivity index (χ2n) is 5.88. The highest BCUT2D eigenvalue weighted by Crippen LogP contribution is 2.06. The van der Waals surface area contributed by atoms with Crippen LogP contribution in [-0.2, 0) is 9.53 Å². The summed E-state index contributed by atoms with van der Waals surface area (Å²) in [7, 11) is 0. The standard InChI is InChI=1S/C18H35NO2/c1-5-7-13-19(14-8-6-2)15-11-9-10-12-16-21-18(20)17(3)4/h3,5-16H2,1-2,4H3. The molecule has 0 aromatic carbocycles. The maximum Gasteiger partial charge on any atom is 0.333 e. The number of hydrogen-bond acceptors (Lipinski definition) is 3. The molecule has 0 rings (SSSR count). The molecule has 0 fully saturated rings. The van der Waals surface area contributed by atoms with E-state index in [4.69, 9.17) is 4.74 Å². The predicted molar refractivity (Wildman–Crippen MR) is 90.5 cm³/mol. The highest BCUT2D eigenvalue weighted by Gasteiger charge is 2.04. The van der Waals surface area contributed by atoms with Crippen LogP contribution in [0.25, 0.3) is 0 Å². The quantitative estimate of drug-likeness (QED) is 0.267. The molecule has 124 valence electrons. The van der Waals surface area contributed by atoms with Gasteiger partial charge in [-0.3, -0.25) is 0 Å². The van der Waals surface area contributed by atoms with Crippen molar-refractivity contribution in [2.75, 3.05) is 26.2 Å². The molecule has 21 heavy (non-hydrogen) atoms. The van der Waals surface area contributed by atoms with E-state index in [1.165, 1.54) is 58.2 Å². The van der Waals surface area contributed by atoms with Crippen LogP contribution in [0.1, 0.15) is 72.1 Å². The van der Waals surface area contributed by atoms with Gasteiger partial charge in [-0.1, -0.05) is 46.1 Å². The van der Waals surface area contributed by atoms with Crippen LogP contribution in [0, 0.1) is 0 Å². The number of carbonyl (C=O) groups excluding carboxylic acids is 1. The summed E-state index contributed by atoms with van der Waals surface area (Å²) in [6.45, 7) is 14.0. The SMILES string of the molecule is C=C(C)C(=O)OCCCCCCN(CCCC)CCCC. The molecule has 0 atom stereocenters. The van der Waals surface area contributed by atoms with E-state index in [1.807, 2.05) is 0 Å². The van der Waals surface area contributed by atoms with Gasteiger partial charge in [0.15, 0.2) is 0 Å². The first-order valence-electron chi connectivity index (χ1n) is 8.66. The monoisotopic (exact) mass is 297 g/mol. The molecule has 0 aliphatic heterocycles. The first-order chi connectivity index (χ1) is 10.1. The zero-order chi connectivity index (χ0) is 15.9. The highest BCUT2D eigenvalue weighted by atomic mass is 16.5. The Morgan fingerprint density at radius 2 is 1.43 bits per heavy atom. The fourth-order valence-corrected chi connectivity index (χ4v) is 2.18. The van der Waals surface area contributed by atoms with E-state index in [9.17, 15) is 4.79 Å². The largest absolute Gasteiger partial charge is 0.462 e. The lowest BCUT2D eigenvalue weighted by atomic mass is 10.2. The number of nitrogens with zero attached hydrogens (tertiary/aromatic N) is 1. The first-order valence-corrected chi connectivity index (χ1v) is 8.66. The Balaban J connectivity index is 3.56. The van der Waals surface area contributed by atoms with Crippen molar-refractivity contribution in [1.82, 2.24) is 4.90 Å². The fourth-order valence-electron chi connectivity index (χ4n) is 2.18. The van der Waals surface area contributed by atoms with E-state index in [-0.39, 0.29) is 5.97 Å². The van der Waals surface area contributed by atoms with Crippen LogP contribution in [0.3, 0.4) is 0 Å². The third-order valence-electron chi connectivity index (χ3n) is 3.61. The summed E-state index contributed by atoms with van der Waals surface area (Å²) < 4.78 is 5.09. The van der Waals surface area contributed by atoms with Gasteiger partial charge in [-0.25, -0.2) is 4.79 Å². The van der Waals surface area contributed by atoms with Gasteiger partial charge in [0.25, 0.3) is 0 Å². The van der Waals surface area contributed by atoms with Gasteiger partial charge in [0.1, 0.15) is 0 Å². The Morgan fingerprint density at radius 1 is 0.905 bits per heavy atom. The van der Waals surface area contributed by atoms with Gasteiger partial charge in [-0.05, 0) is 52.2 Å². The molecule has 0 heterocycles. The molecule has 0 N–H and O–H groups in total. The molecule has 0 aromatic rings. The zero-order valence-corrected chi connectivity index (χ0v) is 14.5. The van der Waals surface area contributed by atoms with Crippen LogP contribution in [0.2, 0.25) is 0 Å². The first kappa shape index (κ1) is 20.2. The summed E-state index contributed by atoms with van der Waals surface area (Å²) in [4.78, 5) is 13.8. The van der Waals surface area contributed by atoms with Gasteiger partial charge in [-0.15, -0.1) is 0 Å². The van der Waals surface area contributed by atoms with E-state index >= 15 is 0 Å². The molecular formula is C18H35NO2. The van der Waals surface area contributed by atoms with Crippen molar-refractivity contribution in [3.8, 4) is 0 Å². The van der Waals surface area contributed by atoms with Gasteiger partial charge >= 0.3 is 5.97 Å². The summed E-state index contributed by atoms with van der Waals surface area (Å²) in [5, 5.41) is 0. The fraction of sp³-hybridized carbons (Fsp3) is 0.833. The molecule has 0 amide bonds. The van der Waals surface area contributed by atoms with Crippen LogP contribution >= 0.6 is 0 Å². The van der Waals surface area contributed by atoms with E-state index in [1.54, 1.807) is 6.92 Å². The van der Waals surface area contributed by atoms with Crippen molar-refractivity contribution in [2.45, 2.75) is 72.1 Å². The minimum atomic E-state index is -0.264. The van der Waals surface area contributed by atoms with Gasteiger partial charge in [0, 0.05) is 5.57 Å². The Kier molecular flexibility index (Phi) is 13.6. The molecule has 0 bridgehead atoms. The highest BCUT2D eigenvalue weighted by molar-refractivity contribution is 5.86. The molecule has 3 heteroatoms. The maximum absolute atomic E-state index is 11.2. The molecule has 0 saturated carbocycles. The minimum absolute atomic E-state index is 0.264. The van der Waals surface area contributed by atoms with E-state index < -0.39 is 0 Å². The molecular weight excluding hydrogens is 262 g/mol. The van der Waals surface area contributed by atoms with Crippen LogP contribution < -0.4 is 0 Å². The number of rotatable bonds is 14. The second kappa shape index (κ2) is 14.1. The van der Waals surface area contributed by atoms with Gasteiger partial charge in [-0.2, -0.15) is 0 Å². The van der Waals surface area contributed by atoms with E-state index in [0.717, 1.165) is 12.8 Å². The summed E-state index contributed by atoms with van der Waals surface area (Å²) in [5.74, 6) is -0.264. The lowest BCUT2D eigenvalue weighted by molar-refractivity contribution is -0.139. The lowest BCUT2D eigenvalue weighted by Gasteiger charge is -2.21. The smallest absolute Gasteiger partial charge is 0.333 e. The Hall–Kier alpha value is -0.830. The number of esters is 1. The number of carbonyl (C=O) groups is 1. The van der Waals surface area contributed by atoms with Crippen LogP contribution in [0.5, 0.6) is 0 Å². The Bertz CT molecular complexity index is 268. The molecule has 0 radical (unpaired) electrons. The molecule has 0 spiro atoms. The van der Waals surface area contributed by atoms with Crippen LogP contribution in [0.15, 0.2) is 12.2 Å². The average Bonchev–Trinajstić information content (AvgIpc) is 2.47. The molecule has 0 aliphatic rings. The van der Waals surface area contributed by atoms with Crippen molar-refractivity contribution in [1.29, 1.82) is 0 Å². The molecule has 3 nitrogen and oxygen atoms in total. The molecule has 0 unspecified atom stereocenters. The van der Waals surface area contributed by atoms with Gasteiger partial charge < -0.3 is 9.64 Å². The molecule has 0 aromatic heterocycles. The number of unbranched alkanes of at least 4 members (excludes halogenated alkanes) is 5. The van der Waals surface area contributed by atoms with Crippen molar-refractivity contribution < 1.29 is 9.53 Å². The third kappa shape index (κ3) is 12.6. The summed E-state index contributed by atoms with van der Waals surface area (Å²) in [6.07, 6.45) is 9.73. The van der Waals surface area contributed by atoms with Crippen LogP contribution in [0.4, 0.5) is 0 Å². The lowest BCUT2D eigenvalue weighted by Crippen LogP contribution is -2.27. The minimum Gasteiger partial charge on any atom is -0.462 e. The number of hydrogen-bond donors (Lipinski definition) is 0. The Morgan fingerprint density at radius 3 is 1.95 bits per heavy atom. The molecule has 0 aliphatic carbocycles.